The van der Waals surface area contributed by atoms with Crippen LogP contribution in [0, 0.1) is 5.41 Å². The zero-order valence-electron chi connectivity index (χ0n) is 10.7. The van der Waals surface area contributed by atoms with Crippen LogP contribution in [0.2, 0.25) is 0 Å². The number of amides is 1. The summed E-state index contributed by atoms with van der Waals surface area (Å²) < 4.78 is 0. The number of rotatable bonds is 5. The average molecular weight is 239 g/mol. The quantitative estimate of drug-likeness (QED) is 0.713. The smallest absolute Gasteiger partial charge is 0.226 e. The highest BCUT2D eigenvalue weighted by Gasteiger charge is 2.17. The van der Waals surface area contributed by atoms with E-state index in [0.29, 0.717) is 13.0 Å². The third-order valence-corrected chi connectivity index (χ3v) is 2.29. The molecule has 1 rings (SSSR count). The van der Waals surface area contributed by atoms with Gasteiger partial charge in [-0.15, -0.1) is 0 Å². The van der Waals surface area contributed by atoms with E-state index in [-0.39, 0.29) is 17.7 Å². The second-order valence-corrected chi connectivity index (χ2v) is 5.48. The summed E-state index contributed by atoms with van der Waals surface area (Å²) in [6, 6.07) is 1.76. The van der Waals surface area contributed by atoms with Gasteiger partial charge in [0, 0.05) is 18.4 Å². The Kier molecular flexibility index (Phi) is 4.69. The molecule has 0 aliphatic heterocycles. The molecule has 3 N–H and O–H groups in total. The van der Waals surface area contributed by atoms with Crippen molar-refractivity contribution in [3.8, 4) is 0 Å². The van der Waals surface area contributed by atoms with Gasteiger partial charge in [-0.2, -0.15) is 5.10 Å². The van der Waals surface area contributed by atoms with Gasteiger partial charge in [0.1, 0.15) is 0 Å². The lowest BCUT2D eigenvalue weighted by atomic mass is 9.89. The molecule has 1 unspecified atom stereocenters. The van der Waals surface area contributed by atoms with Crippen LogP contribution in [0.3, 0.4) is 0 Å². The van der Waals surface area contributed by atoms with Crippen LogP contribution in [0.4, 0.5) is 0 Å². The molecule has 0 aromatic carbocycles. The molecular formula is C12H21N3O2. The Morgan fingerprint density at radius 2 is 2.29 bits per heavy atom. The molecule has 0 fully saturated rings. The number of hydrogen-bond donors (Lipinski definition) is 3. The second kappa shape index (κ2) is 5.82. The Hall–Kier alpha value is -1.36. The minimum absolute atomic E-state index is 0.0630. The summed E-state index contributed by atoms with van der Waals surface area (Å²) in [6.45, 7) is 6.47. The van der Waals surface area contributed by atoms with E-state index < -0.39 is 6.10 Å². The van der Waals surface area contributed by atoms with Gasteiger partial charge in [-0.25, -0.2) is 0 Å². The summed E-state index contributed by atoms with van der Waals surface area (Å²) in [5.41, 5.74) is 0.834. The van der Waals surface area contributed by atoms with E-state index in [1.807, 2.05) is 0 Å². The van der Waals surface area contributed by atoms with Crippen LogP contribution >= 0.6 is 0 Å². The Balaban J connectivity index is 2.24. The molecule has 0 aliphatic carbocycles. The number of H-pyrrole nitrogens is 1. The summed E-state index contributed by atoms with van der Waals surface area (Å²) in [6.07, 6.45) is 2.04. The first-order valence-electron chi connectivity index (χ1n) is 5.80. The van der Waals surface area contributed by atoms with E-state index in [1.54, 1.807) is 12.3 Å². The first-order valence-corrected chi connectivity index (χ1v) is 5.80. The topological polar surface area (TPSA) is 78.0 Å². The van der Waals surface area contributed by atoms with Gasteiger partial charge < -0.3 is 10.4 Å². The lowest BCUT2D eigenvalue weighted by molar-refractivity contribution is -0.121. The third kappa shape index (κ3) is 6.06. The van der Waals surface area contributed by atoms with Crippen molar-refractivity contribution in [3.63, 3.8) is 0 Å². The predicted octanol–water partition coefficient (Wildman–Crippen LogP) is 0.865. The van der Waals surface area contributed by atoms with Crippen molar-refractivity contribution >= 4 is 5.91 Å². The number of hydrogen-bond acceptors (Lipinski definition) is 3. The minimum atomic E-state index is -0.499. The number of aromatic amines is 1. The fourth-order valence-electron chi connectivity index (χ4n) is 1.63. The Morgan fingerprint density at radius 3 is 2.82 bits per heavy atom. The Labute approximate surface area is 102 Å². The van der Waals surface area contributed by atoms with Gasteiger partial charge in [0.2, 0.25) is 5.91 Å². The highest BCUT2D eigenvalue weighted by atomic mass is 16.3. The van der Waals surface area contributed by atoms with Crippen molar-refractivity contribution in [2.75, 3.05) is 6.54 Å². The summed E-state index contributed by atoms with van der Waals surface area (Å²) in [5, 5.41) is 18.9. The SMILES string of the molecule is CC(C)(C)CC(O)CNC(=O)Cc1ccn[nH]1. The highest BCUT2D eigenvalue weighted by molar-refractivity contribution is 5.78. The number of aliphatic hydroxyl groups excluding tert-OH is 1. The monoisotopic (exact) mass is 239 g/mol. The van der Waals surface area contributed by atoms with Gasteiger partial charge in [0.25, 0.3) is 0 Å². The maximum Gasteiger partial charge on any atom is 0.226 e. The standard InChI is InChI=1S/C12H21N3O2/c1-12(2,3)7-10(16)8-13-11(17)6-9-4-5-14-15-9/h4-5,10,16H,6-8H2,1-3H3,(H,13,17)(H,14,15). The molecule has 1 aromatic rings. The molecule has 1 atom stereocenters. The van der Waals surface area contributed by atoms with Gasteiger partial charge >= 0.3 is 0 Å². The van der Waals surface area contributed by atoms with E-state index >= 15 is 0 Å². The molecule has 1 heterocycles. The summed E-state index contributed by atoms with van der Waals surface area (Å²) in [7, 11) is 0. The van der Waals surface area contributed by atoms with Crippen LogP contribution in [-0.2, 0) is 11.2 Å². The fraction of sp³-hybridized carbons (Fsp3) is 0.667. The summed E-state index contributed by atoms with van der Waals surface area (Å²) in [5.74, 6) is -0.109. The molecule has 5 nitrogen and oxygen atoms in total. The normalized spacial score (nSPS) is 13.4. The van der Waals surface area contributed by atoms with Crippen molar-refractivity contribution in [1.82, 2.24) is 15.5 Å². The minimum Gasteiger partial charge on any atom is -0.391 e. The highest BCUT2D eigenvalue weighted by Crippen LogP contribution is 2.20. The number of aliphatic hydroxyl groups is 1. The number of nitrogens with zero attached hydrogens (tertiary/aromatic N) is 1. The molecule has 1 amide bonds. The van der Waals surface area contributed by atoms with Gasteiger partial charge in [-0.1, -0.05) is 20.8 Å². The zero-order valence-corrected chi connectivity index (χ0v) is 10.7. The maximum absolute atomic E-state index is 11.5. The largest absolute Gasteiger partial charge is 0.391 e. The van der Waals surface area contributed by atoms with Gasteiger partial charge in [-0.05, 0) is 17.9 Å². The number of carbonyl (C=O) groups excluding carboxylic acids is 1. The molecule has 96 valence electrons. The molecule has 0 radical (unpaired) electrons. The van der Waals surface area contributed by atoms with Crippen molar-refractivity contribution in [2.24, 2.45) is 5.41 Å². The first-order chi connectivity index (χ1) is 7.87. The van der Waals surface area contributed by atoms with Crippen molar-refractivity contribution in [3.05, 3.63) is 18.0 Å². The molecule has 0 bridgehead atoms. The lowest BCUT2D eigenvalue weighted by Gasteiger charge is -2.22. The van der Waals surface area contributed by atoms with Gasteiger partial charge in [-0.3, -0.25) is 9.89 Å². The van der Waals surface area contributed by atoms with Crippen molar-refractivity contribution in [2.45, 2.75) is 39.7 Å². The maximum atomic E-state index is 11.5. The van der Waals surface area contributed by atoms with Crippen LogP contribution in [-0.4, -0.2) is 33.9 Å². The predicted molar refractivity (Wildman–Crippen MR) is 65.4 cm³/mol. The van der Waals surface area contributed by atoms with E-state index in [1.165, 1.54) is 0 Å². The lowest BCUT2D eigenvalue weighted by Crippen LogP contribution is -2.35. The van der Waals surface area contributed by atoms with Crippen LogP contribution in [0.5, 0.6) is 0 Å². The molecule has 5 heteroatoms. The third-order valence-electron chi connectivity index (χ3n) is 2.29. The van der Waals surface area contributed by atoms with Gasteiger partial charge in [0.05, 0.1) is 12.5 Å². The molecule has 0 aliphatic rings. The molecule has 0 spiro atoms. The molecule has 0 saturated heterocycles. The Bertz CT molecular complexity index is 341. The van der Waals surface area contributed by atoms with Gasteiger partial charge in [0.15, 0.2) is 0 Å². The zero-order chi connectivity index (χ0) is 12.9. The van der Waals surface area contributed by atoms with E-state index in [9.17, 15) is 9.90 Å². The molecule has 17 heavy (non-hydrogen) atoms. The van der Waals surface area contributed by atoms with E-state index in [2.05, 4.69) is 36.3 Å². The molecule has 0 saturated carbocycles. The number of aromatic nitrogens is 2. The van der Waals surface area contributed by atoms with Crippen LogP contribution < -0.4 is 5.32 Å². The summed E-state index contributed by atoms with van der Waals surface area (Å²) in [4.78, 5) is 11.5. The van der Waals surface area contributed by atoms with Crippen LogP contribution in [0.15, 0.2) is 12.3 Å². The van der Waals surface area contributed by atoms with Crippen molar-refractivity contribution < 1.29 is 9.90 Å². The van der Waals surface area contributed by atoms with E-state index in [4.69, 9.17) is 0 Å². The van der Waals surface area contributed by atoms with E-state index in [0.717, 1.165) is 5.69 Å². The fourth-order valence-corrected chi connectivity index (χ4v) is 1.63. The van der Waals surface area contributed by atoms with Crippen LogP contribution in [0.1, 0.15) is 32.9 Å². The molecule has 1 aromatic heterocycles. The first kappa shape index (κ1) is 13.7. The molecular weight excluding hydrogens is 218 g/mol. The number of nitrogens with one attached hydrogen (secondary N) is 2. The summed E-state index contributed by atoms with van der Waals surface area (Å²) >= 11 is 0. The Morgan fingerprint density at radius 1 is 1.59 bits per heavy atom. The average Bonchev–Trinajstić information content (AvgIpc) is 2.64. The van der Waals surface area contributed by atoms with Crippen LogP contribution in [0.25, 0.3) is 0 Å². The number of carbonyl (C=O) groups is 1. The second-order valence-electron chi connectivity index (χ2n) is 5.48. The van der Waals surface area contributed by atoms with Crippen molar-refractivity contribution in [1.29, 1.82) is 0 Å².